The second-order valence-corrected chi connectivity index (χ2v) is 7.10. The van der Waals surface area contributed by atoms with Crippen molar-refractivity contribution in [1.82, 2.24) is 9.80 Å². The lowest BCUT2D eigenvalue weighted by Crippen LogP contribution is -2.49. The molecule has 1 N–H and O–H groups in total. The van der Waals surface area contributed by atoms with Crippen molar-refractivity contribution in [1.29, 1.82) is 0 Å². The highest BCUT2D eigenvalue weighted by molar-refractivity contribution is 6.30. The number of benzene rings is 2. The van der Waals surface area contributed by atoms with Gasteiger partial charge in [-0.1, -0.05) is 54.1 Å². The summed E-state index contributed by atoms with van der Waals surface area (Å²) in [5.41, 5.74) is 2.25. The van der Waals surface area contributed by atoms with E-state index in [1.165, 1.54) is 0 Å². The molecule has 0 aromatic heterocycles. The van der Waals surface area contributed by atoms with E-state index < -0.39 is 0 Å². The van der Waals surface area contributed by atoms with E-state index in [0.717, 1.165) is 37.3 Å². The van der Waals surface area contributed by atoms with Gasteiger partial charge in [0.1, 0.15) is 0 Å². The van der Waals surface area contributed by atoms with E-state index in [1.807, 2.05) is 47.4 Å². The summed E-state index contributed by atoms with van der Waals surface area (Å²) in [6.45, 7) is 3.94. The fourth-order valence-electron chi connectivity index (χ4n) is 3.47. The van der Waals surface area contributed by atoms with Crippen LogP contribution in [0.2, 0.25) is 5.02 Å². The summed E-state index contributed by atoms with van der Waals surface area (Å²) in [5.74, 6) is 0.203. The van der Waals surface area contributed by atoms with Crippen molar-refractivity contribution in [3.63, 3.8) is 0 Å². The lowest BCUT2D eigenvalue weighted by atomic mass is 9.88. The molecule has 1 amide bonds. The fraction of sp³-hybridized carbons (Fsp3) is 0.381. The lowest BCUT2D eigenvalue weighted by molar-refractivity contribution is -0.133. The average Bonchev–Trinajstić information content (AvgIpc) is 2.68. The molecule has 0 bridgehead atoms. The van der Waals surface area contributed by atoms with Crippen LogP contribution in [0.25, 0.3) is 0 Å². The number of piperazine rings is 1. The summed E-state index contributed by atoms with van der Waals surface area (Å²) in [6.07, 6.45) is 0.450. The van der Waals surface area contributed by atoms with Crippen molar-refractivity contribution in [3.05, 3.63) is 70.7 Å². The van der Waals surface area contributed by atoms with Gasteiger partial charge in [-0.15, -0.1) is 0 Å². The second-order valence-electron chi connectivity index (χ2n) is 6.66. The highest BCUT2D eigenvalue weighted by Gasteiger charge is 2.25. The quantitative estimate of drug-likeness (QED) is 0.847. The summed E-state index contributed by atoms with van der Waals surface area (Å²) in [5, 5.41) is 9.75. The Hall–Kier alpha value is -1.88. The van der Waals surface area contributed by atoms with Crippen LogP contribution in [0.5, 0.6) is 0 Å². The van der Waals surface area contributed by atoms with E-state index in [4.69, 9.17) is 16.7 Å². The SMILES string of the molecule is O=C(C[C@@H](c1ccccc1)c1ccc(Cl)cc1)N1CCN(CCO)CC1. The molecule has 0 saturated carbocycles. The molecule has 4 nitrogen and oxygen atoms in total. The molecule has 0 spiro atoms. The zero-order valence-corrected chi connectivity index (χ0v) is 15.6. The molecule has 0 aliphatic carbocycles. The number of carbonyl (C=O) groups excluding carboxylic acids is 1. The number of halogens is 1. The Morgan fingerprint density at radius 1 is 0.962 bits per heavy atom. The minimum atomic E-state index is 0.0245. The predicted molar refractivity (Wildman–Crippen MR) is 104 cm³/mol. The van der Waals surface area contributed by atoms with Crippen LogP contribution in [0.1, 0.15) is 23.5 Å². The van der Waals surface area contributed by atoms with Crippen molar-refractivity contribution in [2.24, 2.45) is 0 Å². The highest BCUT2D eigenvalue weighted by Crippen LogP contribution is 2.29. The number of hydrogen-bond acceptors (Lipinski definition) is 3. The van der Waals surface area contributed by atoms with Crippen molar-refractivity contribution in [3.8, 4) is 0 Å². The van der Waals surface area contributed by atoms with Crippen molar-refractivity contribution in [2.45, 2.75) is 12.3 Å². The van der Waals surface area contributed by atoms with Gasteiger partial charge in [0.15, 0.2) is 0 Å². The number of amides is 1. The van der Waals surface area contributed by atoms with Crippen molar-refractivity contribution >= 4 is 17.5 Å². The molecule has 1 aliphatic rings. The van der Waals surface area contributed by atoms with Gasteiger partial charge in [-0.05, 0) is 23.3 Å². The largest absolute Gasteiger partial charge is 0.395 e. The predicted octanol–water partition coefficient (Wildman–Crippen LogP) is 3.00. The number of aliphatic hydroxyl groups excluding tert-OH is 1. The van der Waals surface area contributed by atoms with Crippen LogP contribution in [0.4, 0.5) is 0 Å². The van der Waals surface area contributed by atoms with Gasteiger partial charge in [-0.2, -0.15) is 0 Å². The first-order valence-corrected chi connectivity index (χ1v) is 9.46. The number of nitrogens with zero attached hydrogens (tertiary/aromatic N) is 2. The Balaban J connectivity index is 1.72. The third kappa shape index (κ3) is 4.85. The van der Waals surface area contributed by atoms with Gasteiger partial charge in [0, 0.05) is 50.1 Å². The first-order chi connectivity index (χ1) is 12.7. The van der Waals surface area contributed by atoms with E-state index >= 15 is 0 Å². The summed E-state index contributed by atoms with van der Waals surface area (Å²) >= 11 is 6.03. The molecular weight excluding hydrogens is 348 g/mol. The van der Waals surface area contributed by atoms with Gasteiger partial charge in [-0.25, -0.2) is 0 Å². The van der Waals surface area contributed by atoms with E-state index in [0.29, 0.717) is 18.0 Å². The van der Waals surface area contributed by atoms with Crippen LogP contribution >= 0.6 is 11.6 Å². The number of β-amino-alcohol motifs (C(OH)–C–C–N with tert-alkyl or cyclic N) is 1. The molecule has 1 fully saturated rings. The van der Waals surface area contributed by atoms with Crippen LogP contribution in [0.3, 0.4) is 0 Å². The summed E-state index contributed by atoms with van der Waals surface area (Å²) in [6, 6.07) is 17.9. The Kier molecular flexibility index (Phi) is 6.67. The Bertz CT molecular complexity index is 698. The molecule has 0 radical (unpaired) electrons. The van der Waals surface area contributed by atoms with Gasteiger partial charge in [0.25, 0.3) is 0 Å². The van der Waals surface area contributed by atoms with Crippen LogP contribution in [-0.2, 0) is 4.79 Å². The first-order valence-electron chi connectivity index (χ1n) is 9.09. The van der Waals surface area contributed by atoms with E-state index in [-0.39, 0.29) is 18.4 Å². The molecule has 3 rings (SSSR count). The van der Waals surface area contributed by atoms with E-state index in [9.17, 15) is 4.79 Å². The number of carbonyl (C=O) groups is 1. The second kappa shape index (κ2) is 9.17. The molecule has 1 atom stereocenters. The van der Waals surface area contributed by atoms with Crippen molar-refractivity contribution in [2.75, 3.05) is 39.3 Å². The molecule has 1 saturated heterocycles. The molecule has 2 aromatic rings. The van der Waals surface area contributed by atoms with Gasteiger partial charge < -0.3 is 10.0 Å². The van der Waals surface area contributed by atoms with Gasteiger partial charge >= 0.3 is 0 Å². The van der Waals surface area contributed by atoms with Gasteiger partial charge in [0.2, 0.25) is 5.91 Å². The maximum Gasteiger partial charge on any atom is 0.223 e. The Morgan fingerprint density at radius 2 is 1.58 bits per heavy atom. The van der Waals surface area contributed by atoms with Gasteiger partial charge in [0.05, 0.1) is 6.61 Å². The normalized spacial score (nSPS) is 16.5. The minimum Gasteiger partial charge on any atom is -0.395 e. The third-order valence-corrected chi connectivity index (χ3v) is 5.25. The smallest absolute Gasteiger partial charge is 0.223 e. The topological polar surface area (TPSA) is 43.8 Å². The van der Waals surface area contributed by atoms with E-state index in [2.05, 4.69) is 17.0 Å². The van der Waals surface area contributed by atoms with Gasteiger partial charge in [-0.3, -0.25) is 9.69 Å². The minimum absolute atomic E-state index is 0.0245. The van der Waals surface area contributed by atoms with Crippen LogP contribution in [0, 0.1) is 0 Å². The van der Waals surface area contributed by atoms with E-state index in [1.54, 1.807) is 0 Å². The standard InChI is InChI=1S/C21H25ClN2O2/c22-19-8-6-18(7-9-19)20(17-4-2-1-3-5-17)16-21(26)24-12-10-23(11-13-24)14-15-25/h1-9,20,25H,10-16H2/t20-/m0/s1. The highest BCUT2D eigenvalue weighted by atomic mass is 35.5. The third-order valence-electron chi connectivity index (χ3n) is 4.99. The summed E-state index contributed by atoms with van der Waals surface area (Å²) in [4.78, 5) is 17.1. The zero-order valence-electron chi connectivity index (χ0n) is 14.9. The zero-order chi connectivity index (χ0) is 18.4. The Labute approximate surface area is 160 Å². The summed E-state index contributed by atoms with van der Waals surface area (Å²) < 4.78 is 0. The lowest BCUT2D eigenvalue weighted by Gasteiger charge is -2.35. The molecule has 5 heteroatoms. The molecule has 2 aromatic carbocycles. The molecule has 1 aliphatic heterocycles. The fourth-order valence-corrected chi connectivity index (χ4v) is 3.60. The molecule has 138 valence electrons. The van der Waals surface area contributed by atoms with Crippen LogP contribution in [0.15, 0.2) is 54.6 Å². The monoisotopic (exact) mass is 372 g/mol. The number of hydrogen-bond donors (Lipinski definition) is 1. The first kappa shape index (κ1) is 18.9. The molecule has 1 heterocycles. The molecular formula is C21H25ClN2O2. The van der Waals surface area contributed by atoms with Crippen molar-refractivity contribution < 1.29 is 9.90 Å². The number of aliphatic hydroxyl groups is 1. The maximum absolute atomic E-state index is 12.9. The van der Waals surface area contributed by atoms with Crippen LogP contribution in [-0.4, -0.2) is 60.1 Å². The molecule has 0 unspecified atom stereocenters. The maximum atomic E-state index is 12.9. The molecule has 26 heavy (non-hydrogen) atoms. The average molecular weight is 373 g/mol. The Morgan fingerprint density at radius 3 is 2.19 bits per heavy atom. The number of rotatable bonds is 6. The van der Waals surface area contributed by atoms with Crippen LogP contribution < -0.4 is 0 Å². The summed E-state index contributed by atoms with van der Waals surface area (Å²) in [7, 11) is 0.